The van der Waals surface area contributed by atoms with Crippen LogP contribution in [0.5, 0.6) is 0 Å². The highest BCUT2D eigenvalue weighted by Gasteiger charge is 2.44. The first kappa shape index (κ1) is 16.6. The largest absolute Gasteiger partial charge is 0.386 e. The molecule has 2 aromatic carbocycles. The number of aliphatic hydroxyl groups excluding tert-OH is 1. The van der Waals surface area contributed by atoms with Gasteiger partial charge in [0.15, 0.2) is 0 Å². The normalized spacial score (nSPS) is 21.8. The second kappa shape index (κ2) is 6.69. The van der Waals surface area contributed by atoms with Crippen molar-refractivity contribution in [3.8, 4) is 0 Å². The zero-order chi connectivity index (χ0) is 17.3. The van der Waals surface area contributed by atoms with E-state index in [9.17, 15) is 18.7 Å². The Morgan fingerprint density at radius 1 is 1.08 bits per heavy atom. The van der Waals surface area contributed by atoms with Crippen LogP contribution in [0.25, 0.3) is 0 Å². The fourth-order valence-electron chi connectivity index (χ4n) is 2.92. The summed E-state index contributed by atoms with van der Waals surface area (Å²) in [5.41, 5.74) is 1.50. The minimum Gasteiger partial charge on any atom is -0.386 e. The average molecular weight is 331 g/mol. The van der Waals surface area contributed by atoms with E-state index in [2.05, 4.69) is 5.32 Å². The van der Waals surface area contributed by atoms with E-state index in [0.717, 1.165) is 12.0 Å². The van der Waals surface area contributed by atoms with E-state index in [1.807, 2.05) is 0 Å². The van der Waals surface area contributed by atoms with Gasteiger partial charge in [-0.15, -0.1) is 0 Å². The van der Waals surface area contributed by atoms with Gasteiger partial charge >= 0.3 is 0 Å². The minimum atomic E-state index is -0.905. The summed E-state index contributed by atoms with van der Waals surface area (Å²) in [6.45, 7) is 1.71. The monoisotopic (exact) mass is 331 g/mol. The van der Waals surface area contributed by atoms with Crippen molar-refractivity contribution in [2.75, 3.05) is 0 Å². The summed E-state index contributed by atoms with van der Waals surface area (Å²) in [4.78, 5) is 12.3. The minimum absolute atomic E-state index is 0.0979. The Morgan fingerprint density at radius 3 is 2.21 bits per heavy atom. The molecule has 4 atom stereocenters. The quantitative estimate of drug-likeness (QED) is 0.883. The molecule has 1 fully saturated rings. The smallest absolute Gasteiger partial charge is 0.224 e. The first-order valence-corrected chi connectivity index (χ1v) is 7.95. The van der Waals surface area contributed by atoms with Crippen molar-refractivity contribution in [2.24, 2.45) is 5.92 Å². The molecule has 0 saturated heterocycles. The summed E-state index contributed by atoms with van der Waals surface area (Å²) in [5, 5.41) is 13.1. The van der Waals surface area contributed by atoms with E-state index in [4.69, 9.17) is 0 Å². The molecule has 0 heterocycles. The number of rotatable bonds is 5. The van der Waals surface area contributed by atoms with Crippen LogP contribution in [0, 0.1) is 17.6 Å². The van der Waals surface area contributed by atoms with Crippen LogP contribution >= 0.6 is 0 Å². The number of hydrogen-bond acceptors (Lipinski definition) is 2. The number of halogens is 2. The molecule has 24 heavy (non-hydrogen) atoms. The highest BCUT2D eigenvalue weighted by Crippen LogP contribution is 2.47. The van der Waals surface area contributed by atoms with Crippen LogP contribution in [-0.2, 0) is 4.79 Å². The van der Waals surface area contributed by atoms with Gasteiger partial charge in [0.2, 0.25) is 5.91 Å². The molecule has 2 aromatic rings. The molecule has 2 N–H and O–H groups in total. The molecule has 4 unspecified atom stereocenters. The van der Waals surface area contributed by atoms with Crippen molar-refractivity contribution in [3.63, 3.8) is 0 Å². The lowest BCUT2D eigenvalue weighted by molar-refractivity contribution is -0.123. The molecule has 5 heteroatoms. The van der Waals surface area contributed by atoms with Crippen molar-refractivity contribution in [1.29, 1.82) is 0 Å². The van der Waals surface area contributed by atoms with E-state index >= 15 is 0 Å². The molecular weight excluding hydrogens is 312 g/mol. The van der Waals surface area contributed by atoms with Gasteiger partial charge in [0, 0.05) is 5.92 Å². The van der Waals surface area contributed by atoms with E-state index in [0.29, 0.717) is 5.56 Å². The lowest BCUT2D eigenvalue weighted by Crippen LogP contribution is -2.38. The Labute approximate surface area is 139 Å². The fraction of sp³-hybridized carbons (Fsp3) is 0.316. The Hall–Kier alpha value is -2.27. The van der Waals surface area contributed by atoms with Gasteiger partial charge in [-0.1, -0.05) is 24.3 Å². The average Bonchev–Trinajstić information content (AvgIpc) is 3.36. The Morgan fingerprint density at radius 2 is 1.62 bits per heavy atom. The molecule has 1 saturated carbocycles. The number of carbonyl (C=O) groups excluding carboxylic acids is 1. The van der Waals surface area contributed by atoms with Gasteiger partial charge in [0.05, 0.1) is 12.1 Å². The molecule has 0 aliphatic heterocycles. The van der Waals surface area contributed by atoms with Crippen LogP contribution in [0.2, 0.25) is 0 Å². The molecule has 3 nitrogen and oxygen atoms in total. The van der Waals surface area contributed by atoms with Crippen molar-refractivity contribution in [1.82, 2.24) is 5.32 Å². The van der Waals surface area contributed by atoms with Crippen LogP contribution in [-0.4, -0.2) is 17.1 Å². The highest BCUT2D eigenvalue weighted by molar-refractivity contribution is 5.83. The Bertz CT molecular complexity index is 715. The van der Waals surface area contributed by atoms with Crippen LogP contribution in [0.1, 0.15) is 36.5 Å². The van der Waals surface area contributed by atoms with E-state index < -0.39 is 12.1 Å². The number of hydrogen-bond donors (Lipinski definition) is 2. The van der Waals surface area contributed by atoms with Crippen LogP contribution in [0.15, 0.2) is 48.5 Å². The van der Waals surface area contributed by atoms with Gasteiger partial charge < -0.3 is 10.4 Å². The first-order chi connectivity index (χ1) is 11.5. The molecule has 0 spiro atoms. The van der Waals surface area contributed by atoms with Gasteiger partial charge in [-0.3, -0.25) is 4.79 Å². The zero-order valence-electron chi connectivity index (χ0n) is 13.2. The lowest BCUT2D eigenvalue weighted by Gasteiger charge is -2.20. The standard InChI is InChI=1S/C19H19F2NO2/c1-11(18(23)13-4-8-15(21)9-5-13)22-19(24)17-10-16(17)12-2-6-14(20)7-3-12/h2-9,11,16-18,23H,10H2,1H3,(H,22,24). The predicted molar refractivity (Wildman–Crippen MR) is 86.2 cm³/mol. The number of carbonyl (C=O) groups is 1. The summed E-state index contributed by atoms with van der Waals surface area (Å²) < 4.78 is 25.9. The third kappa shape index (κ3) is 3.62. The second-order valence-electron chi connectivity index (χ2n) is 6.29. The van der Waals surface area contributed by atoms with Crippen molar-refractivity contribution in [2.45, 2.75) is 31.4 Å². The first-order valence-electron chi connectivity index (χ1n) is 7.95. The lowest BCUT2D eigenvalue weighted by atomic mass is 10.0. The summed E-state index contributed by atoms with van der Waals surface area (Å²) in [5.74, 6) is -0.851. The highest BCUT2D eigenvalue weighted by atomic mass is 19.1. The SMILES string of the molecule is CC(NC(=O)C1CC1c1ccc(F)cc1)C(O)c1ccc(F)cc1. The molecule has 1 aliphatic carbocycles. The van der Waals surface area contributed by atoms with Gasteiger partial charge in [0.1, 0.15) is 11.6 Å². The maximum absolute atomic E-state index is 12.9. The van der Waals surface area contributed by atoms with E-state index in [-0.39, 0.29) is 29.4 Å². The third-order valence-electron chi connectivity index (χ3n) is 4.48. The number of amides is 1. The topological polar surface area (TPSA) is 49.3 Å². The molecule has 3 rings (SSSR count). The van der Waals surface area contributed by atoms with Gasteiger partial charge in [-0.25, -0.2) is 8.78 Å². The van der Waals surface area contributed by atoms with Gasteiger partial charge in [-0.2, -0.15) is 0 Å². The molecular formula is C19H19F2NO2. The van der Waals surface area contributed by atoms with E-state index in [1.54, 1.807) is 19.1 Å². The molecule has 1 amide bonds. The summed E-state index contributed by atoms with van der Waals surface area (Å²) in [6, 6.07) is 11.2. The molecule has 0 bridgehead atoms. The Kier molecular flexibility index (Phi) is 4.62. The number of aliphatic hydroxyl groups is 1. The van der Waals surface area contributed by atoms with E-state index in [1.165, 1.54) is 36.4 Å². The Balaban J connectivity index is 1.57. The zero-order valence-corrected chi connectivity index (χ0v) is 13.2. The summed E-state index contributed by atoms with van der Waals surface area (Å²) in [7, 11) is 0. The summed E-state index contributed by atoms with van der Waals surface area (Å²) in [6.07, 6.45) is -0.186. The van der Waals surface area contributed by atoms with Gasteiger partial charge in [-0.05, 0) is 54.7 Å². The van der Waals surface area contributed by atoms with Crippen molar-refractivity contribution in [3.05, 3.63) is 71.3 Å². The fourth-order valence-corrected chi connectivity index (χ4v) is 2.92. The van der Waals surface area contributed by atoms with Crippen molar-refractivity contribution >= 4 is 5.91 Å². The number of benzene rings is 2. The number of nitrogens with one attached hydrogen (secondary N) is 1. The van der Waals surface area contributed by atoms with Crippen LogP contribution in [0.3, 0.4) is 0 Å². The van der Waals surface area contributed by atoms with Gasteiger partial charge in [0.25, 0.3) is 0 Å². The predicted octanol–water partition coefficient (Wildman–Crippen LogP) is 3.31. The van der Waals surface area contributed by atoms with Crippen LogP contribution in [0.4, 0.5) is 8.78 Å². The third-order valence-corrected chi connectivity index (χ3v) is 4.48. The molecule has 0 aromatic heterocycles. The maximum atomic E-state index is 12.9. The van der Waals surface area contributed by atoms with Crippen LogP contribution < -0.4 is 5.32 Å². The van der Waals surface area contributed by atoms with Crippen molar-refractivity contribution < 1.29 is 18.7 Å². The molecule has 0 radical (unpaired) electrons. The molecule has 1 aliphatic rings. The summed E-state index contributed by atoms with van der Waals surface area (Å²) >= 11 is 0. The molecule has 126 valence electrons. The second-order valence-corrected chi connectivity index (χ2v) is 6.29. The maximum Gasteiger partial charge on any atom is 0.224 e.